The Hall–Kier alpha value is -1.81. The van der Waals surface area contributed by atoms with Gasteiger partial charge in [0.05, 0.1) is 6.20 Å². The van der Waals surface area contributed by atoms with Crippen molar-refractivity contribution in [2.75, 3.05) is 6.54 Å². The van der Waals surface area contributed by atoms with Crippen LogP contribution >= 0.6 is 0 Å². The zero-order chi connectivity index (χ0) is 15.5. The summed E-state index contributed by atoms with van der Waals surface area (Å²) in [5, 5.41) is 3.33. The fourth-order valence-corrected chi connectivity index (χ4v) is 2.62. The second-order valence-corrected chi connectivity index (χ2v) is 5.62. The molecule has 2 aromatic rings. The lowest BCUT2D eigenvalue weighted by atomic mass is 9.75. The zero-order valence-corrected chi connectivity index (χ0v) is 12.5. The molecule has 0 aliphatic carbocycles. The van der Waals surface area contributed by atoms with Gasteiger partial charge in [0.25, 0.3) is 0 Å². The Labute approximate surface area is 124 Å². The van der Waals surface area contributed by atoms with Crippen LogP contribution in [0.2, 0.25) is 0 Å². The lowest BCUT2D eigenvalue weighted by molar-refractivity contribution is 0.343. The maximum absolute atomic E-state index is 14.1. The third kappa shape index (κ3) is 3.27. The molecule has 0 spiro atoms. The van der Waals surface area contributed by atoms with Crippen LogP contribution in [0.15, 0.2) is 42.7 Å². The normalized spacial score (nSPS) is 13.2. The van der Waals surface area contributed by atoms with E-state index in [-0.39, 0.29) is 17.7 Å². The topological polar surface area (TPSA) is 24.9 Å². The van der Waals surface area contributed by atoms with Crippen molar-refractivity contribution in [1.82, 2.24) is 10.3 Å². The summed E-state index contributed by atoms with van der Waals surface area (Å²) in [5.41, 5.74) is 1.12. The smallest absolute Gasteiger partial charge is 0.146 e. The molecule has 4 heteroatoms. The van der Waals surface area contributed by atoms with Crippen molar-refractivity contribution in [3.63, 3.8) is 0 Å². The molecule has 0 aliphatic heterocycles. The Balaban J connectivity index is 2.45. The monoisotopic (exact) mass is 290 g/mol. The summed E-state index contributed by atoms with van der Waals surface area (Å²) in [7, 11) is 0. The molecule has 1 aromatic heterocycles. The highest BCUT2D eigenvalue weighted by molar-refractivity contribution is 5.32. The van der Waals surface area contributed by atoms with Crippen molar-refractivity contribution in [3.8, 4) is 0 Å². The lowest BCUT2D eigenvalue weighted by Gasteiger charge is -2.36. The Morgan fingerprint density at radius 3 is 2.38 bits per heavy atom. The summed E-state index contributed by atoms with van der Waals surface area (Å²) in [6.45, 7) is 6.73. The molecule has 0 saturated carbocycles. The van der Waals surface area contributed by atoms with Gasteiger partial charge in [-0.3, -0.25) is 4.98 Å². The Kier molecular flexibility index (Phi) is 4.68. The highest BCUT2D eigenvalue weighted by Gasteiger charge is 2.33. The maximum atomic E-state index is 14.1. The zero-order valence-electron chi connectivity index (χ0n) is 12.5. The minimum absolute atomic E-state index is 0.226. The molecule has 2 nitrogen and oxygen atoms in total. The minimum atomic E-state index is -0.397. The van der Waals surface area contributed by atoms with Crippen LogP contribution in [0, 0.1) is 11.6 Å². The van der Waals surface area contributed by atoms with E-state index in [2.05, 4.69) is 10.3 Å². The standard InChI is InChI=1S/C17H20F2N2/c1-4-21-16(14-9-10-20-11-15(14)19)17(2,3)12-5-7-13(18)8-6-12/h5-11,16,21H,4H2,1-3H3. The molecule has 112 valence electrons. The Morgan fingerprint density at radius 2 is 1.81 bits per heavy atom. The van der Waals surface area contributed by atoms with Crippen molar-refractivity contribution in [2.45, 2.75) is 32.2 Å². The average molecular weight is 290 g/mol. The first kappa shape index (κ1) is 15.6. The van der Waals surface area contributed by atoms with Gasteiger partial charge in [0, 0.05) is 23.2 Å². The van der Waals surface area contributed by atoms with E-state index in [9.17, 15) is 8.78 Å². The van der Waals surface area contributed by atoms with Gasteiger partial charge < -0.3 is 5.32 Å². The van der Waals surface area contributed by atoms with Gasteiger partial charge in [-0.1, -0.05) is 32.9 Å². The molecule has 0 saturated heterocycles. The third-order valence-corrected chi connectivity index (χ3v) is 3.83. The largest absolute Gasteiger partial charge is 0.309 e. The molecule has 0 amide bonds. The first-order valence-corrected chi connectivity index (χ1v) is 7.05. The van der Waals surface area contributed by atoms with E-state index in [1.54, 1.807) is 24.4 Å². The predicted molar refractivity (Wildman–Crippen MR) is 80.0 cm³/mol. The quantitative estimate of drug-likeness (QED) is 0.900. The van der Waals surface area contributed by atoms with Crippen molar-refractivity contribution in [3.05, 3.63) is 65.5 Å². The molecule has 0 fully saturated rings. The van der Waals surface area contributed by atoms with E-state index in [1.165, 1.54) is 18.3 Å². The van der Waals surface area contributed by atoms with Gasteiger partial charge in [-0.15, -0.1) is 0 Å². The molecule has 1 unspecified atom stereocenters. The third-order valence-electron chi connectivity index (χ3n) is 3.83. The predicted octanol–water partition coefficient (Wildman–Crippen LogP) is 3.99. The fourth-order valence-electron chi connectivity index (χ4n) is 2.62. The number of benzene rings is 1. The molecular formula is C17H20F2N2. The van der Waals surface area contributed by atoms with Gasteiger partial charge in [0.15, 0.2) is 0 Å². The number of nitrogens with zero attached hydrogens (tertiary/aromatic N) is 1. The summed E-state index contributed by atoms with van der Waals surface area (Å²) in [6, 6.07) is 7.83. The van der Waals surface area contributed by atoms with Gasteiger partial charge in [0.2, 0.25) is 0 Å². The van der Waals surface area contributed by atoms with Gasteiger partial charge >= 0.3 is 0 Å². The molecule has 1 aromatic carbocycles. The lowest BCUT2D eigenvalue weighted by Crippen LogP contribution is -2.38. The van der Waals surface area contributed by atoms with Crippen LogP contribution in [0.1, 0.15) is 37.9 Å². The van der Waals surface area contributed by atoms with Crippen molar-refractivity contribution in [1.29, 1.82) is 0 Å². The SMILES string of the molecule is CCNC(c1ccncc1F)C(C)(C)c1ccc(F)cc1. The number of likely N-dealkylation sites (N-methyl/N-ethyl adjacent to an activating group) is 1. The van der Waals surface area contributed by atoms with Gasteiger partial charge in [-0.2, -0.15) is 0 Å². The van der Waals surface area contributed by atoms with Crippen LogP contribution in [0.25, 0.3) is 0 Å². The maximum Gasteiger partial charge on any atom is 0.146 e. The van der Waals surface area contributed by atoms with E-state index >= 15 is 0 Å². The van der Waals surface area contributed by atoms with Crippen LogP contribution in [0.5, 0.6) is 0 Å². The van der Waals surface area contributed by atoms with E-state index in [4.69, 9.17) is 0 Å². The summed E-state index contributed by atoms with van der Waals surface area (Å²) in [6.07, 6.45) is 2.81. The molecule has 1 heterocycles. The molecule has 0 bridgehead atoms. The molecular weight excluding hydrogens is 270 g/mol. The molecule has 0 aliphatic rings. The van der Waals surface area contributed by atoms with Crippen LogP contribution in [-0.4, -0.2) is 11.5 Å². The van der Waals surface area contributed by atoms with Crippen molar-refractivity contribution >= 4 is 0 Å². The van der Waals surface area contributed by atoms with Crippen LogP contribution in [0.4, 0.5) is 8.78 Å². The number of halogens is 2. The van der Waals surface area contributed by atoms with E-state index in [1.807, 2.05) is 20.8 Å². The molecule has 2 rings (SSSR count). The molecule has 1 N–H and O–H groups in total. The number of nitrogens with one attached hydrogen (secondary N) is 1. The first-order chi connectivity index (χ1) is 9.96. The molecule has 0 radical (unpaired) electrons. The highest BCUT2D eigenvalue weighted by atomic mass is 19.1. The van der Waals surface area contributed by atoms with E-state index in [0.717, 1.165) is 5.56 Å². The van der Waals surface area contributed by atoms with E-state index in [0.29, 0.717) is 12.1 Å². The summed E-state index contributed by atoms with van der Waals surface area (Å²) in [4.78, 5) is 3.80. The molecule has 21 heavy (non-hydrogen) atoms. The van der Waals surface area contributed by atoms with E-state index < -0.39 is 5.41 Å². The fraction of sp³-hybridized carbons (Fsp3) is 0.353. The summed E-state index contributed by atoms with van der Waals surface area (Å²) >= 11 is 0. The number of pyridine rings is 1. The Bertz CT molecular complexity index is 594. The van der Waals surface area contributed by atoms with Crippen molar-refractivity contribution in [2.24, 2.45) is 0 Å². The average Bonchev–Trinajstić information content (AvgIpc) is 2.46. The first-order valence-electron chi connectivity index (χ1n) is 7.05. The van der Waals surface area contributed by atoms with Crippen LogP contribution < -0.4 is 5.32 Å². The number of hydrogen-bond acceptors (Lipinski definition) is 2. The van der Waals surface area contributed by atoms with Gasteiger partial charge in [-0.25, -0.2) is 8.78 Å². The Morgan fingerprint density at radius 1 is 1.14 bits per heavy atom. The summed E-state index contributed by atoms with van der Waals surface area (Å²) < 4.78 is 27.2. The summed E-state index contributed by atoms with van der Waals surface area (Å²) in [5.74, 6) is -0.608. The van der Waals surface area contributed by atoms with Gasteiger partial charge in [0.1, 0.15) is 11.6 Å². The van der Waals surface area contributed by atoms with Gasteiger partial charge in [-0.05, 0) is 30.3 Å². The highest BCUT2D eigenvalue weighted by Crippen LogP contribution is 2.37. The number of aromatic nitrogens is 1. The molecule has 1 atom stereocenters. The second-order valence-electron chi connectivity index (χ2n) is 5.62. The second kappa shape index (κ2) is 6.31. The van der Waals surface area contributed by atoms with Crippen molar-refractivity contribution < 1.29 is 8.78 Å². The number of rotatable bonds is 5. The minimum Gasteiger partial charge on any atom is -0.309 e. The van der Waals surface area contributed by atoms with Crippen LogP contribution in [-0.2, 0) is 5.41 Å². The van der Waals surface area contributed by atoms with Crippen LogP contribution in [0.3, 0.4) is 0 Å². The number of hydrogen-bond donors (Lipinski definition) is 1.